The first-order valence-electron chi connectivity index (χ1n) is 8.31. The molecule has 0 bridgehead atoms. The molecule has 4 rings (SSSR count). The summed E-state index contributed by atoms with van der Waals surface area (Å²) in [5.41, 5.74) is 0.948. The standard InChI is InChI=1S/C22H14F2O3/c23-19-7-4-8-20(24)18(19)13-26-16-10-9-15-11-17(14-5-2-1-3-6-14)22(25)27-21(15)12-16/h1-12H,13H2. The summed E-state index contributed by atoms with van der Waals surface area (Å²) in [5, 5.41) is 0.720. The summed E-state index contributed by atoms with van der Waals surface area (Å²) in [6.07, 6.45) is 0. The normalized spacial score (nSPS) is 10.9. The van der Waals surface area contributed by atoms with Gasteiger partial charge in [0.15, 0.2) is 0 Å². The van der Waals surface area contributed by atoms with Crippen LogP contribution in [0.1, 0.15) is 5.56 Å². The number of hydrogen-bond donors (Lipinski definition) is 0. The van der Waals surface area contributed by atoms with E-state index in [1.54, 1.807) is 18.2 Å². The fourth-order valence-electron chi connectivity index (χ4n) is 2.83. The van der Waals surface area contributed by atoms with Crippen LogP contribution in [0.4, 0.5) is 8.78 Å². The lowest BCUT2D eigenvalue weighted by Crippen LogP contribution is -2.03. The van der Waals surface area contributed by atoms with Gasteiger partial charge in [0.1, 0.15) is 29.6 Å². The van der Waals surface area contributed by atoms with Crippen LogP contribution < -0.4 is 10.4 Å². The van der Waals surface area contributed by atoms with Gasteiger partial charge >= 0.3 is 5.63 Å². The van der Waals surface area contributed by atoms with Crippen LogP contribution in [-0.4, -0.2) is 0 Å². The summed E-state index contributed by atoms with van der Waals surface area (Å²) < 4.78 is 38.2. The quantitative estimate of drug-likeness (QED) is 0.460. The number of halogens is 2. The van der Waals surface area contributed by atoms with Gasteiger partial charge in [0.05, 0.1) is 11.1 Å². The third-order valence-corrected chi connectivity index (χ3v) is 4.24. The van der Waals surface area contributed by atoms with E-state index in [4.69, 9.17) is 9.15 Å². The highest BCUT2D eigenvalue weighted by molar-refractivity contribution is 5.82. The average Bonchev–Trinajstić information content (AvgIpc) is 2.67. The third kappa shape index (κ3) is 3.44. The Labute approximate surface area is 153 Å². The van der Waals surface area contributed by atoms with Crippen LogP contribution in [0.3, 0.4) is 0 Å². The average molecular weight is 364 g/mol. The van der Waals surface area contributed by atoms with Gasteiger partial charge in [-0.05, 0) is 35.9 Å². The summed E-state index contributed by atoms with van der Waals surface area (Å²) >= 11 is 0. The largest absolute Gasteiger partial charge is 0.489 e. The molecule has 0 saturated heterocycles. The first-order chi connectivity index (χ1) is 13.1. The second-order valence-corrected chi connectivity index (χ2v) is 6.00. The highest BCUT2D eigenvalue weighted by Crippen LogP contribution is 2.25. The number of fused-ring (bicyclic) bond motifs is 1. The molecule has 0 saturated carbocycles. The molecule has 0 radical (unpaired) electrons. The van der Waals surface area contributed by atoms with Crippen molar-refractivity contribution < 1.29 is 17.9 Å². The predicted molar refractivity (Wildman–Crippen MR) is 98.6 cm³/mol. The van der Waals surface area contributed by atoms with Gasteiger partial charge in [-0.3, -0.25) is 0 Å². The lowest BCUT2D eigenvalue weighted by Gasteiger charge is -2.09. The molecule has 0 atom stereocenters. The van der Waals surface area contributed by atoms with Crippen molar-refractivity contribution in [3.63, 3.8) is 0 Å². The zero-order valence-electron chi connectivity index (χ0n) is 14.1. The predicted octanol–water partition coefficient (Wildman–Crippen LogP) is 5.32. The van der Waals surface area contributed by atoms with Crippen molar-refractivity contribution in [2.75, 3.05) is 0 Å². The molecule has 0 aliphatic carbocycles. The van der Waals surface area contributed by atoms with Crippen molar-refractivity contribution in [1.29, 1.82) is 0 Å². The van der Waals surface area contributed by atoms with E-state index in [1.165, 1.54) is 24.3 Å². The topological polar surface area (TPSA) is 39.4 Å². The molecule has 0 aliphatic heterocycles. The Bertz CT molecular complexity index is 1150. The van der Waals surface area contributed by atoms with E-state index in [0.29, 0.717) is 16.9 Å². The van der Waals surface area contributed by atoms with Crippen LogP contribution in [0.5, 0.6) is 5.75 Å². The summed E-state index contributed by atoms with van der Waals surface area (Å²) in [5.74, 6) is -0.995. The minimum absolute atomic E-state index is 0.154. The minimum atomic E-state index is -0.671. The maximum absolute atomic E-state index is 13.7. The summed E-state index contributed by atoms with van der Waals surface area (Å²) in [6.45, 7) is -0.268. The SMILES string of the molecule is O=c1oc2cc(OCc3c(F)cccc3F)ccc2cc1-c1ccccc1. The van der Waals surface area contributed by atoms with E-state index in [1.807, 2.05) is 30.3 Å². The summed E-state index contributed by atoms with van der Waals surface area (Å²) in [4.78, 5) is 12.3. The molecule has 0 unspecified atom stereocenters. The van der Waals surface area contributed by atoms with Crippen molar-refractivity contribution in [3.05, 3.63) is 100 Å². The van der Waals surface area contributed by atoms with Gasteiger partial charge in [-0.15, -0.1) is 0 Å². The molecule has 0 aliphatic rings. The highest BCUT2D eigenvalue weighted by Gasteiger charge is 2.11. The Morgan fingerprint density at radius 2 is 1.59 bits per heavy atom. The first-order valence-corrected chi connectivity index (χ1v) is 8.31. The molecular weight excluding hydrogens is 350 g/mol. The van der Waals surface area contributed by atoms with Gasteiger partial charge in [0.2, 0.25) is 0 Å². The molecular formula is C22H14F2O3. The molecule has 0 spiro atoms. The van der Waals surface area contributed by atoms with E-state index in [9.17, 15) is 13.6 Å². The number of ether oxygens (including phenoxy) is 1. The smallest absolute Gasteiger partial charge is 0.344 e. The first kappa shape index (κ1) is 17.0. The van der Waals surface area contributed by atoms with Gasteiger partial charge in [-0.1, -0.05) is 36.4 Å². The van der Waals surface area contributed by atoms with Crippen LogP contribution in [0, 0.1) is 11.6 Å². The molecule has 5 heteroatoms. The molecule has 1 aromatic heterocycles. The summed E-state index contributed by atoms with van der Waals surface area (Å²) in [6, 6.07) is 19.5. The number of benzene rings is 3. The Morgan fingerprint density at radius 1 is 0.852 bits per heavy atom. The third-order valence-electron chi connectivity index (χ3n) is 4.24. The molecule has 3 aromatic carbocycles. The minimum Gasteiger partial charge on any atom is -0.489 e. The van der Waals surface area contributed by atoms with Gasteiger partial charge < -0.3 is 9.15 Å². The van der Waals surface area contributed by atoms with Crippen molar-refractivity contribution in [2.24, 2.45) is 0 Å². The fourth-order valence-corrected chi connectivity index (χ4v) is 2.83. The van der Waals surface area contributed by atoms with Crippen LogP contribution >= 0.6 is 0 Å². The van der Waals surface area contributed by atoms with Crippen molar-refractivity contribution >= 4 is 11.0 Å². The Balaban J connectivity index is 1.64. The van der Waals surface area contributed by atoms with E-state index in [-0.39, 0.29) is 12.2 Å². The monoisotopic (exact) mass is 364 g/mol. The van der Waals surface area contributed by atoms with E-state index in [2.05, 4.69) is 0 Å². The molecule has 134 valence electrons. The Kier molecular flexibility index (Phi) is 4.42. The summed E-state index contributed by atoms with van der Waals surface area (Å²) in [7, 11) is 0. The molecule has 4 aromatic rings. The van der Waals surface area contributed by atoms with Crippen LogP contribution in [0.25, 0.3) is 22.1 Å². The van der Waals surface area contributed by atoms with Gasteiger partial charge in [0, 0.05) is 11.5 Å². The second-order valence-electron chi connectivity index (χ2n) is 6.00. The lowest BCUT2D eigenvalue weighted by atomic mass is 10.1. The van der Waals surface area contributed by atoms with Gasteiger partial charge in [-0.25, -0.2) is 13.6 Å². The molecule has 27 heavy (non-hydrogen) atoms. The van der Waals surface area contributed by atoms with Crippen molar-refractivity contribution in [2.45, 2.75) is 6.61 Å². The van der Waals surface area contributed by atoms with E-state index < -0.39 is 17.3 Å². The zero-order valence-corrected chi connectivity index (χ0v) is 14.1. The Morgan fingerprint density at radius 3 is 2.33 bits per heavy atom. The van der Waals surface area contributed by atoms with Crippen molar-refractivity contribution in [3.8, 4) is 16.9 Å². The Hall–Kier alpha value is -3.47. The van der Waals surface area contributed by atoms with E-state index in [0.717, 1.165) is 10.9 Å². The molecule has 0 amide bonds. The fraction of sp³-hybridized carbons (Fsp3) is 0.0455. The van der Waals surface area contributed by atoms with Crippen LogP contribution in [0.15, 0.2) is 82.0 Å². The maximum atomic E-state index is 13.7. The maximum Gasteiger partial charge on any atom is 0.344 e. The van der Waals surface area contributed by atoms with Gasteiger partial charge in [0.25, 0.3) is 0 Å². The number of hydrogen-bond acceptors (Lipinski definition) is 3. The molecule has 0 fully saturated rings. The lowest BCUT2D eigenvalue weighted by molar-refractivity contribution is 0.292. The van der Waals surface area contributed by atoms with E-state index >= 15 is 0 Å². The zero-order chi connectivity index (χ0) is 18.8. The molecule has 0 N–H and O–H groups in total. The van der Waals surface area contributed by atoms with Crippen LogP contribution in [0.2, 0.25) is 0 Å². The molecule has 1 heterocycles. The second kappa shape index (κ2) is 7.03. The van der Waals surface area contributed by atoms with Crippen molar-refractivity contribution in [1.82, 2.24) is 0 Å². The van der Waals surface area contributed by atoms with Crippen LogP contribution in [-0.2, 0) is 6.61 Å². The number of rotatable bonds is 4. The molecule has 3 nitrogen and oxygen atoms in total. The van der Waals surface area contributed by atoms with Gasteiger partial charge in [-0.2, -0.15) is 0 Å². The highest BCUT2D eigenvalue weighted by atomic mass is 19.1.